The smallest absolute Gasteiger partial charge is 0.255 e. The average molecular weight is 377 g/mol. The normalized spacial score (nSPS) is 11.8. The maximum absolute atomic E-state index is 12.4. The minimum absolute atomic E-state index is 0.0934. The first-order valence-corrected chi connectivity index (χ1v) is 9.01. The van der Waals surface area contributed by atoms with Gasteiger partial charge in [-0.3, -0.25) is 4.79 Å². The number of benzene rings is 2. The zero-order valence-electron chi connectivity index (χ0n) is 14.2. The molecular weight excluding hydrogens is 358 g/mol. The second-order valence-corrected chi connectivity index (χ2v) is 7.66. The number of amides is 1. The van der Waals surface area contributed by atoms with Gasteiger partial charge in [0.05, 0.1) is 17.7 Å². The Labute approximate surface area is 151 Å². The topological polar surface area (TPSA) is 119 Å². The largest absolute Gasteiger partial charge is 0.508 e. The van der Waals surface area contributed by atoms with E-state index in [-0.39, 0.29) is 22.0 Å². The van der Waals surface area contributed by atoms with E-state index in [0.29, 0.717) is 0 Å². The molecule has 8 nitrogen and oxygen atoms in total. The number of phenolic OH excluding ortho intramolecular Hbond substituents is 2. The summed E-state index contributed by atoms with van der Waals surface area (Å²) in [5, 5.41) is 22.5. The summed E-state index contributed by atoms with van der Waals surface area (Å²) in [5.41, 5.74) is 3.40. The number of aromatic hydroxyl groups is 2. The van der Waals surface area contributed by atoms with Crippen LogP contribution in [0.5, 0.6) is 11.5 Å². The van der Waals surface area contributed by atoms with Crippen LogP contribution in [0.3, 0.4) is 0 Å². The predicted molar refractivity (Wildman–Crippen MR) is 96.5 cm³/mol. The van der Waals surface area contributed by atoms with E-state index < -0.39 is 22.5 Å². The molecular formula is C17H19N3O5S. The second-order valence-electron chi connectivity index (χ2n) is 5.61. The van der Waals surface area contributed by atoms with Crippen LogP contribution >= 0.6 is 0 Å². The lowest BCUT2D eigenvalue weighted by Crippen LogP contribution is -2.36. The monoisotopic (exact) mass is 377 g/mol. The second kappa shape index (κ2) is 7.98. The standard InChI is InChI=1S/C17H19N3O5S/c1-12-3-7-15(8-4-12)26(24,25)20(2)11-17(23)19-18-10-13-5-6-14(21)9-16(13)22/h3-10,21-22H,11H2,1-2H3,(H,19,23)/b18-10+. The van der Waals surface area contributed by atoms with Gasteiger partial charge in [-0.2, -0.15) is 9.41 Å². The van der Waals surface area contributed by atoms with Crippen molar-refractivity contribution in [1.29, 1.82) is 0 Å². The molecule has 0 aliphatic carbocycles. The van der Waals surface area contributed by atoms with E-state index in [2.05, 4.69) is 10.5 Å². The molecule has 0 radical (unpaired) electrons. The van der Waals surface area contributed by atoms with Gasteiger partial charge < -0.3 is 10.2 Å². The first-order chi connectivity index (χ1) is 12.2. The van der Waals surface area contributed by atoms with Gasteiger partial charge >= 0.3 is 0 Å². The highest BCUT2D eigenvalue weighted by Crippen LogP contribution is 2.20. The number of carbonyl (C=O) groups excluding carboxylic acids is 1. The highest BCUT2D eigenvalue weighted by molar-refractivity contribution is 7.89. The van der Waals surface area contributed by atoms with Gasteiger partial charge in [-0.05, 0) is 31.2 Å². The Balaban J connectivity index is 1.98. The van der Waals surface area contributed by atoms with Crippen molar-refractivity contribution in [3.8, 4) is 11.5 Å². The molecule has 0 saturated carbocycles. The summed E-state index contributed by atoms with van der Waals surface area (Å²) in [5.74, 6) is -0.952. The zero-order valence-corrected chi connectivity index (χ0v) is 15.1. The molecule has 0 saturated heterocycles. The molecule has 0 heterocycles. The van der Waals surface area contributed by atoms with Crippen LogP contribution in [-0.2, 0) is 14.8 Å². The number of nitrogens with zero attached hydrogens (tertiary/aromatic N) is 2. The summed E-state index contributed by atoms with van der Waals surface area (Å²) < 4.78 is 25.7. The average Bonchev–Trinajstić information content (AvgIpc) is 2.57. The number of nitrogens with one attached hydrogen (secondary N) is 1. The predicted octanol–water partition coefficient (Wildman–Crippen LogP) is 1.18. The number of phenols is 2. The molecule has 0 unspecified atom stereocenters. The summed E-state index contributed by atoms with van der Waals surface area (Å²) in [4.78, 5) is 12.0. The van der Waals surface area contributed by atoms with Gasteiger partial charge in [0.25, 0.3) is 5.91 Å². The molecule has 0 bridgehead atoms. The number of likely N-dealkylation sites (N-methyl/N-ethyl adjacent to an activating group) is 1. The van der Waals surface area contributed by atoms with Crippen LogP contribution < -0.4 is 5.43 Å². The lowest BCUT2D eigenvalue weighted by Gasteiger charge is -2.16. The van der Waals surface area contributed by atoms with E-state index in [1.807, 2.05) is 6.92 Å². The summed E-state index contributed by atoms with van der Waals surface area (Å²) in [6.45, 7) is 1.42. The van der Waals surface area contributed by atoms with Crippen molar-refractivity contribution in [2.75, 3.05) is 13.6 Å². The van der Waals surface area contributed by atoms with E-state index in [0.717, 1.165) is 15.9 Å². The number of rotatable bonds is 6. The molecule has 0 fully saturated rings. The van der Waals surface area contributed by atoms with Crippen LogP contribution in [0.15, 0.2) is 52.5 Å². The molecule has 9 heteroatoms. The van der Waals surface area contributed by atoms with E-state index in [9.17, 15) is 23.4 Å². The van der Waals surface area contributed by atoms with E-state index in [1.54, 1.807) is 12.1 Å². The SMILES string of the molecule is Cc1ccc(S(=O)(=O)N(C)CC(=O)N/N=C/c2ccc(O)cc2O)cc1. The van der Waals surface area contributed by atoms with Crippen molar-refractivity contribution >= 4 is 22.1 Å². The fraction of sp³-hybridized carbons (Fsp3) is 0.176. The third-order valence-electron chi connectivity index (χ3n) is 3.50. The van der Waals surface area contributed by atoms with E-state index in [4.69, 9.17) is 0 Å². The third kappa shape index (κ3) is 4.80. The molecule has 26 heavy (non-hydrogen) atoms. The molecule has 1 amide bonds. The minimum Gasteiger partial charge on any atom is -0.508 e. The lowest BCUT2D eigenvalue weighted by molar-refractivity contribution is -0.121. The number of hydrogen-bond donors (Lipinski definition) is 3. The molecule has 0 atom stereocenters. The Morgan fingerprint density at radius 3 is 2.46 bits per heavy atom. The fourth-order valence-corrected chi connectivity index (χ4v) is 3.15. The summed E-state index contributed by atoms with van der Waals surface area (Å²) in [6.07, 6.45) is 1.18. The van der Waals surface area contributed by atoms with Gasteiger partial charge in [-0.15, -0.1) is 0 Å². The number of carbonyl (C=O) groups is 1. The summed E-state index contributed by atoms with van der Waals surface area (Å²) >= 11 is 0. The third-order valence-corrected chi connectivity index (χ3v) is 5.32. The van der Waals surface area contributed by atoms with Crippen molar-refractivity contribution in [3.63, 3.8) is 0 Å². The fourth-order valence-electron chi connectivity index (χ4n) is 2.03. The molecule has 0 aromatic heterocycles. The zero-order chi connectivity index (χ0) is 19.3. The van der Waals surface area contributed by atoms with Crippen molar-refractivity contribution in [1.82, 2.24) is 9.73 Å². The molecule has 3 N–H and O–H groups in total. The van der Waals surface area contributed by atoms with Gasteiger partial charge in [0.2, 0.25) is 10.0 Å². The van der Waals surface area contributed by atoms with Crippen molar-refractivity contribution in [3.05, 3.63) is 53.6 Å². The quantitative estimate of drug-likeness (QED) is 0.516. The summed E-state index contributed by atoms with van der Waals surface area (Å²) in [7, 11) is -2.49. The molecule has 0 aliphatic rings. The van der Waals surface area contributed by atoms with Crippen LogP contribution in [0.1, 0.15) is 11.1 Å². The molecule has 2 aromatic carbocycles. The van der Waals surface area contributed by atoms with Crippen LogP contribution in [0.25, 0.3) is 0 Å². The van der Waals surface area contributed by atoms with Crippen LogP contribution in [0.4, 0.5) is 0 Å². The van der Waals surface area contributed by atoms with Crippen molar-refractivity contribution < 1.29 is 23.4 Å². The highest BCUT2D eigenvalue weighted by Gasteiger charge is 2.22. The Morgan fingerprint density at radius 2 is 1.85 bits per heavy atom. The van der Waals surface area contributed by atoms with Crippen LogP contribution in [0.2, 0.25) is 0 Å². The van der Waals surface area contributed by atoms with Gasteiger partial charge in [-0.1, -0.05) is 17.7 Å². The Kier molecular flexibility index (Phi) is 5.96. The maximum atomic E-state index is 12.4. The van der Waals surface area contributed by atoms with Gasteiger partial charge in [0, 0.05) is 18.7 Å². The number of aryl methyl sites for hydroxylation is 1. The van der Waals surface area contributed by atoms with Crippen LogP contribution in [-0.4, -0.2) is 48.7 Å². The van der Waals surface area contributed by atoms with E-state index in [1.165, 1.54) is 37.5 Å². The first kappa shape index (κ1) is 19.4. The number of hydrazone groups is 1. The van der Waals surface area contributed by atoms with Gasteiger partial charge in [0.15, 0.2) is 0 Å². The maximum Gasteiger partial charge on any atom is 0.255 e. The molecule has 2 rings (SSSR count). The van der Waals surface area contributed by atoms with Crippen LogP contribution in [0, 0.1) is 6.92 Å². The molecule has 0 spiro atoms. The molecule has 0 aliphatic heterocycles. The highest BCUT2D eigenvalue weighted by atomic mass is 32.2. The lowest BCUT2D eigenvalue weighted by atomic mass is 10.2. The Morgan fingerprint density at radius 1 is 1.19 bits per heavy atom. The van der Waals surface area contributed by atoms with E-state index >= 15 is 0 Å². The number of hydrogen-bond acceptors (Lipinski definition) is 6. The first-order valence-electron chi connectivity index (χ1n) is 7.57. The Hall–Kier alpha value is -2.91. The summed E-state index contributed by atoms with van der Waals surface area (Å²) in [6, 6.07) is 10.2. The molecule has 2 aromatic rings. The Bertz CT molecular complexity index is 924. The minimum atomic E-state index is -3.79. The van der Waals surface area contributed by atoms with Gasteiger partial charge in [0.1, 0.15) is 11.5 Å². The van der Waals surface area contributed by atoms with Gasteiger partial charge in [-0.25, -0.2) is 13.8 Å². The van der Waals surface area contributed by atoms with Crippen molar-refractivity contribution in [2.24, 2.45) is 5.10 Å². The number of sulfonamides is 1. The van der Waals surface area contributed by atoms with Crippen molar-refractivity contribution in [2.45, 2.75) is 11.8 Å². The molecule has 138 valence electrons.